The van der Waals surface area contributed by atoms with Crippen molar-refractivity contribution < 1.29 is 19.7 Å². The van der Waals surface area contributed by atoms with Crippen LogP contribution in [0.15, 0.2) is 18.2 Å². The Kier molecular flexibility index (Phi) is 5.24. The number of aromatic hydroxyl groups is 2. The van der Waals surface area contributed by atoms with Gasteiger partial charge >= 0.3 is 0 Å². The lowest BCUT2D eigenvalue weighted by atomic mass is 9.95. The number of nitrogens with one attached hydrogen (secondary N) is 1. The average Bonchev–Trinajstić information content (AvgIpc) is 2.43. The molecule has 0 atom stereocenters. The van der Waals surface area contributed by atoms with Gasteiger partial charge in [0.05, 0.1) is 0 Å². The highest BCUT2D eigenvalue weighted by atomic mass is 16.5. The quantitative estimate of drug-likeness (QED) is 0.721. The molecular weight excluding hydrogens is 258 g/mol. The molecule has 5 nitrogen and oxygen atoms in total. The molecule has 0 aliphatic carbocycles. The highest BCUT2D eigenvalue weighted by molar-refractivity contribution is 5.94. The molecular formula is C15H21NO4. The molecule has 0 bridgehead atoms. The minimum absolute atomic E-state index is 0.114. The van der Waals surface area contributed by atoms with E-state index in [-0.39, 0.29) is 23.0 Å². The average molecular weight is 279 g/mol. The second kappa shape index (κ2) is 7.14. The SMILES string of the molecule is O=C(NCCCC1CCOCC1)c1cc(O)cc(O)c1. The van der Waals surface area contributed by atoms with E-state index in [2.05, 4.69) is 5.32 Å². The van der Waals surface area contributed by atoms with Gasteiger partial charge in [0, 0.05) is 31.4 Å². The number of carbonyl (C=O) groups is 1. The van der Waals surface area contributed by atoms with E-state index < -0.39 is 0 Å². The van der Waals surface area contributed by atoms with Gasteiger partial charge in [0.15, 0.2) is 0 Å². The molecule has 0 radical (unpaired) electrons. The van der Waals surface area contributed by atoms with Crippen LogP contribution >= 0.6 is 0 Å². The minimum atomic E-state index is -0.275. The van der Waals surface area contributed by atoms with Crippen molar-refractivity contribution >= 4 is 5.91 Å². The van der Waals surface area contributed by atoms with Crippen LogP contribution in [0.25, 0.3) is 0 Å². The molecule has 2 rings (SSSR count). The summed E-state index contributed by atoms with van der Waals surface area (Å²) in [6.45, 7) is 2.30. The first-order valence-corrected chi connectivity index (χ1v) is 7.04. The largest absolute Gasteiger partial charge is 0.508 e. The fraction of sp³-hybridized carbons (Fsp3) is 0.533. The lowest BCUT2D eigenvalue weighted by Gasteiger charge is -2.21. The van der Waals surface area contributed by atoms with Gasteiger partial charge in [-0.15, -0.1) is 0 Å². The number of benzene rings is 1. The van der Waals surface area contributed by atoms with E-state index in [0.29, 0.717) is 12.5 Å². The monoisotopic (exact) mass is 279 g/mol. The van der Waals surface area contributed by atoms with Crippen LogP contribution in [0.1, 0.15) is 36.0 Å². The molecule has 5 heteroatoms. The lowest BCUT2D eigenvalue weighted by molar-refractivity contribution is 0.0631. The molecule has 1 aromatic rings. The van der Waals surface area contributed by atoms with Gasteiger partial charge in [-0.25, -0.2) is 0 Å². The molecule has 110 valence electrons. The van der Waals surface area contributed by atoms with Crippen molar-refractivity contribution in [3.05, 3.63) is 23.8 Å². The summed E-state index contributed by atoms with van der Waals surface area (Å²) in [5.41, 5.74) is 0.272. The van der Waals surface area contributed by atoms with Crippen LogP contribution in [0.2, 0.25) is 0 Å². The van der Waals surface area contributed by atoms with Gasteiger partial charge in [0.1, 0.15) is 11.5 Å². The maximum absolute atomic E-state index is 11.8. The van der Waals surface area contributed by atoms with Crippen molar-refractivity contribution in [2.75, 3.05) is 19.8 Å². The van der Waals surface area contributed by atoms with E-state index in [1.54, 1.807) is 0 Å². The predicted molar refractivity (Wildman–Crippen MR) is 74.9 cm³/mol. The fourth-order valence-corrected chi connectivity index (χ4v) is 2.46. The second-order valence-corrected chi connectivity index (χ2v) is 5.19. The normalized spacial score (nSPS) is 16.0. The predicted octanol–water partition coefficient (Wildman–Crippen LogP) is 2.03. The van der Waals surface area contributed by atoms with E-state index in [1.807, 2.05) is 0 Å². The molecule has 1 fully saturated rings. The summed E-state index contributed by atoms with van der Waals surface area (Å²) in [4.78, 5) is 11.8. The number of hydrogen-bond acceptors (Lipinski definition) is 4. The third-order valence-electron chi connectivity index (χ3n) is 3.58. The minimum Gasteiger partial charge on any atom is -0.508 e. The topological polar surface area (TPSA) is 78.8 Å². The maximum Gasteiger partial charge on any atom is 0.251 e. The van der Waals surface area contributed by atoms with Crippen LogP contribution in [-0.2, 0) is 4.74 Å². The Balaban J connectivity index is 1.71. The third kappa shape index (κ3) is 4.42. The number of carbonyl (C=O) groups excluding carboxylic acids is 1. The smallest absolute Gasteiger partial charge is 0.251 e. The Morgan fingerprint density at radius 1 is 1.20 bits per heavy atom. The Hall–Kier alpha value is -1.75. The van der Waals surface area contributed by atoms with Gasteiger partial charge in [0.2, 0.25) is 0 Å². The van der Waals surface area contributed by atoms with E-state index in [1.165, 1.54) is 18.2 Å². The van der Waals surface area contributed by atoms with Crippen molar-refractivity contribution in [1.29, 1.82) is 0 Å². The number of rotatable bonds is 5. The summed E-state index contributed by atoms with van der Waals surface area (Å²) >= 11 is 0. The summed E-state index contributed by atoms with van der Waals surface area (Å²) in [5, 5.41) is 21.5. The number of phenols is 2. The first-order chi connectivity index (χ1) is 9.65. The molecule has 0 spiro atoms. The molecule has 1 amide bonds. The molecule has 1 heterocycles. The zero-order valence-corrected chi connectivity index (χ0v) is 11.5. The summed E-state index contributed by atoms with van der Waals surface area (Å²) in [7, 11) is 0. The summed E-state index contributed by atoms with van der Waals surface area (Å²) in [6, 6.07) is 3.88. The van der Waals surface area contributed by atoms with Crippen molar-refractivity contribution in [3.63, 3.8) is 0 Å². The van der Waals surface area contributed by atoms with Crippen LogP contribution < -0.4 is 5.32 Å². The molecule has 20 heavy (non-hydrogen) atoms. The zero-order valence-electron chi connectivity index (χ0n) is 11.5. The summed E-state index contributed by atoms with van der Waals surface area (Å²) in [6.07, 6.45) is 4.24. The van der Waals surface area contributed by atoms with Crippen LogP contribution in [0, 0.1) is 5.92 Å². The molecule has 0 saturated carbocycles. The van der Waals surface area contributed by atoms with Crippen LogP contribution in [0.3, 0.4) is 0 Å². The second-order valence-electron chi connectivity index (χ2n) is 5.19. The third-order valence-corrected chi connectivity index (χ3v) is 3.58. The summed E-state index contributed by atoms with van der Waals surface area (Å²) in [5.74, 6) is 0.198. The zero-order chi connectivity index (χ0) is 14.4. The Morgan fingerprint density at radius 3 is 2.50 bits per heavy atom. The molecule has 1 aliphatic heterocycles. The Morgan fingerprint density at radius 2 is 1.85 bits per heavy atom. The van der Waals surface area contributed by atoms with Crippen molar-refractivity contribution in [3.8, 4) is 11.5 Å². The van der Waals surface area contributed by atoms with Crippen molar-refractivity contribution in [2.24, 2.45) is 5.92 Å². The van der Waals surface area contributed by atoms with E-state index >= 15 is 0 Å². The van der Waals surface area contributed by atoms with Crippen LogP contribution in [0.4, 0.5) is 0 Å². The standard InChI is InChI=1S/C15H21NO4/c17-13-8-12(9-14(18)10-13)15(19)16-5-1-2-11-3-6-20-7-4-11/h8-11,17-18H,1-7H2,(H,16,19). The maximum atomic E-state index is 11.8. The number of ether oxygens (including phenoxy) is 1. The molecule has 1 aromatic carbocycles. The molecule has 3 N–H and O–H groups in total. The summed E-state index contributed by atoms with van der Waals surface area (Å²) < 4.78 is 5.31. The highest BCUT2D eigenvalue weighted by Gasteiger charge is 2.13. The first kappa shape index (κ1) is 14.7. The van der Waals surface area contributed by atoms with Gasteiger partial charge in [0.25, 0.3) is 5.91 Å². The van der Waals surface area contributed by atoms with E-state index in [0.717, 1.165) is 38.9 Å². The first-order valence-electron chi connectivity index (χ1n) is 7.04. The number of hydrogen-bond donors (Lipinski definition) is 3. The van der Waals surface area contributed by atoms with Gasteiger partial charge in [-0.3, -0.25) is 4.79 Å². The van der Waals surface area contributed by atoms with Crippen LogP contribution in [-0.4, -0.2) is 35.9 Å². The van der Waals surface area contributed by atoms with Gasteiger partial charge in [-0.2, -0.15) is 0 Å². The van der Waals surface area contributed by atoms with Gasteiger partial charge < -0.3 is 20.3 Å². The van der Waals surface area contributed by atoms with Crippen molar-refractivity contribution in [2.45, 2.75) is 25.7 Å². The molecule has 0 aromatic heterocycles. The molecule has 1 aliphatic rings. The van der Waals surface area contributed by atoms with E-state index in [9.17, 15) is 15.0 Å². The number of phenolic OH excluding ortho intramolecular Hbond substituents is 2. The lowest BCUT2D eigenvalue weighted by Crippen LogP contribution is -2.25. The van der Waals surface area contributed by atoms with Crippen LogP contribution in [0.5, 0.6) is 11.5 Å². The Bertz CT molecular complexity index is 435. The Labute approximate surface area is 118 Å². The number of amides is 1. The highest BCUT2D eigenvalue weighted by Crippen LogP contribution is 2.21. The van der Waals surface area contributed by atoms with E-state index in [4.69, 9.17) is 4.74 Å². The fourth-order valence-electron chi connectivity index (χ4n) is 2.46. The van der Waals surface area contributed by atoms with Gasteiger partial charge in [-0.1, -0.05) is 0 Å². The van der Waals surface area contributed by atoms with Gasteiger partial charge in [-0.05, 0) is 43.7 Å². The molecule has 1 saturated heterocycles. The molecule has 0 unspecified atom stereocenters. The van der Waals surface area contributed by atoms with Crippen molar-refractivity contribution in [1.82, 2.24) is 5.32 Å².